The molecule has 27 heavy (non-hydrogen) atoms. The highest BCUT2D eigenvalue weighted by Gasteiger charge is 2.16. The van der Waals surface area contributed by atoms with Crippen LogP contribution < -0.4 is 5.14 Å². The quantitative estimate of drug-likeness (QED) is 0.589. The number of nitrogens with zero attached hydrogens (tertiary/aromatic N) is 3. The van der Waals surface area contributed by atoms with E-state index in [0.717, 1.165) is 27.5 Å². The molecule has 4 rings (SSSR count). The Labute approximate surface area is 157 Å². The lowest BCUT2D eigenvalue weighted by molar-refractivity contribution is 0.597. The summed E-state index contributed by atoms with van der Waals surface area (Å²) in [6.07, 6.45) is 3.60. The highest BCUT2D eigenvalue weighted by molar-refractivity contribution is 7.89. The summed E-state index contributed by atoms with van der Waals surface area (Å²) in [4.78, 5) is 9.15. The zero-order valence-corrected chi connectivity index (χ0v) is 16.2. The second-order valence-electron chi connectivity index (χ2n) is 6.89. The van der Waals surface area contributed by atoms with Crippen molar-refractivity contribution in [2.24, 2.45) is 5.14 Å². The molecule has 138 valence electrons. The molecule has 0 radical (unpaired) electrons. The molecule has 1 atom stereocenters. The van der Waals surface area contributed by atoms with Crippen LogP contribution in [-0.4, -0.2) is 23.0 Å². The maximum atomic E-state index is 11.5. The van der Waals surface area contributed by atoms with Gasteiger partial charge in [-0.05, 0) is 61.7 Å². The van der Waals surface area contributed by atoms with Gasteiger partial charge < -0.3 is 4.57 Å². The second-order valence-corrected chi connectivity index (χ2v) is 8.45. The largest absolute Gasteiger partial charge is 0.323 e. The number of primary sulfonamides is 1. The average molecular weight is 380 g/mol. The van der Waals surface area contributed by atoms with E-state index in [4.69, 9.17) is 5.14 Å². The van der Waals surface area contributed by atoms with E-state index in [1.54, 1.807) is 24.7 Å². The van der Waals surface area contributed by atoms with Crippen LogP contribution in [0.15, 0.2) is 53.8 Å². The lowest BCUT2D eigenvalue weighted by atomic mass is 10.0. The van der Waals surface area contributed by atoms with Gasteiger partial charge >= 0.3 is 0 Å². The van der Waals surface area contributed by atoms with E-state index >= 15 is 0 Å². The van der Waals surface area contributed by atoms with Crippen LogP contribution >= 0.6 is 0 Å². The van der Waals surface area contributed by atoms with Gasteiger partial charge in [-0.25, -0.2) is 18.5 Å². The van der Waals surface area contributed by atoms with Crippen molar-refractivity contribution in [1.82, 2.24) is 14.5 Å². The van der Waals surface area contributed by atoms with Crippen molar-refractivity contribution >= 4 is 32.0 Å². The Morgan fingerprint density at radius 2 is 1.67 bits per heavy atom. The summed E-state index contributed by atoms with van der Waals surface area (Å²) >= 11 is 0. The summed E-state index contributed by atoms with van der Waals surface area (Å²) in [6.45, 7) is 6.22. The third-order valence-electron chi connectivity index (χ3n) is 5.12. The lowest BCUT2D eigenvalue weighted by Crippen LogP contribution is -2.12. The summed E-state index contributed by atoms with van der Waals surface area (Å²) in [5.41, 5.74) is 6.16. The maximum Gasteiger partial charge on any atom is 0.238 e. The number of fused-ring (bicyclic) bond motifs is 3. The van der Waals surface area contributed by atoms with Crippen LogP contribution in [0.4, 0.5) is 0 Å². The molecule has 0 unspecified atom stereocenters. The third kappa shape index (κ3) is 2.98. The summed E-state index contributed by atoms with van der Waals surface area (Å²) in [7, 11) is -3.70. The van der Waals surface area contributed by atoms with Gasteiger partial charge in [0.25, 0.3) is 0 Å². The number of hydrogen-bond acceptors (Lipinski definition) is 4. The molecular formula is C20H20N4O2S. The fraction of sp³-hybridized carbons (Fsp3) is 0.200. The van der Waals surface area contributed by atoms with Crippen LogP contribution in [0.1, 0.15) is 29.7 Å². The number of aryl methyl sites for hydroxylation is 2. The van der Waals surface area contributed by atoms with Gasteiger partial charge in [-0.2, -0.15) is 0 Å². The molecule has 4 aromatic rings. The number of hydrogen-bond donors (Lipinski definition) is 1. The molecule has 0 aliphatic carbocycles. The molecule has 2 heterocycles. The normalized spacial score (nSPS) is 13.3. The van der Waals surface area contributed by atoms with Crippen LogP contribution in [0, 0.1) is 13.8 Å². The summed E-state index contributed by atoms with van der Waals surface area (Å²) in [6, 6.07) is 10.9. The van der Waals surface area contributed by atoms with Crippen LogP contribution in [0.5, 0.6) is 0 Å². The Kier molecular flexibility index (Phi) is 4.01. The minimum absolute atomic E-state index is 0.0308. The van der Waals surface area contributed by atoms with Crippen LogP contribution in [0.3, 0.4) is 0 Å². The van der Waals surface area contributed by atoms with Gasteiger partial charge in [0.15, 0.2) is 0 Å². The zero-order valence-electron chi connectivity index (χ0n) is 15.3. The molecular weight excluding hydrogens is 360 g/mol. The molecule has 2 aromatic carbocycles. The first kappa shape index (κ1) is 17.6. The van der Waals surface area contributed by atoms with Crippen LogP contribution in [-0.2, 0) is 10.0 Å². The van der Waals surface area contributed by atoms with Gasteiger partial charge in [0.2, 0.25) is 10.0 Å². The molecule has 0 amide bonds. The molecule has 7 heteroatoms. The summed E-state index contributed by atoms with van der Waals surface area (Å²) in [5.74, 6) is 0. The van der Waals surface area contributed by atoms with Crippen molar-refractivity contribution in [2.75, 3.05) is 0 Å². The van der Waals surface area contributed by atoms with Gasteiger partial charge in [-0.3, -0.25) is 4.98 Å². The predicted molar refractivity (Wildman–Crippen MR) is 106 cm³/mol. The van der Waals surface area contributed by atoms with E-state index in [1.807, 2.05) is 0 Å². The van der Waals surface area contributed by atoms with Crippen LogP contribution in [0.25, 0.3) is 21.9 Å². The zero-order chi connectivity index (χ0) is 19.3. The van der Waals surface area contributed by atoms with Gasteiger partial charge in [0.05, 0.1) is 34.5 Å². The Morgan fingerprint density at radius 1 is 1.00 bits per heavy atom. The molecule has 0 fully saturated rings. The average Bonchev–Trinajstić information content (AvgIpc) is 3.06. The molecule has 6 nitrogen and oxygen atoms in total. The summed E-state index contributed by atoms with van der Waals surface area (Å²) < 4.78 is 25.1. The molecule has 0 aliphatic heterocycles. The molecule has 0 spiro atoms. The number of imidazole rings is 1. The van der Waals surface area contributed by atoms with Gasteiger partial charge in [-0.1, -0.05) is 12.1 Å². The first-order valence-corrected chi connectivity index (χ1v) is 10.2. The fourth-order valence-electron chi connectivity index (χ4n) is 3.37. The smallest absolute Gasteiger partial charge is 0.238 e. The number of rotatable bonds is 3. The maximum absolute atomic E-state index is 11.5. The molecule has 2 N–H and O–H groups in total. The molecule has 0 saturated heterocycles. The van der Waals surface area contributed by atoms with E-state index in [2.05, 4.69) is 47.4 Å². The minimum Gasteiger partial charge on any atom is -0.323 e. The second kappa shape index (κ2) is 6.14. The van der Waals surface area contributed by atoms with E-state index in [9.17, 15) is 8.42 Å². The Bertz CT molecular complexity index is 1280. The van der Waals surface area contributed by atoms with Crippen molar-refractivity contribution < 1.29 is 8.42 Å². The minimum atomic E-state index is -3.70. The molecule has 2 aromatic heterocycles. The van der Waals surface area contributed by atoms with Crippen molar-refractivity contribution in [3.8, 4) is 0 Å². The number of pyridine rings is 1. The van der Waals surface area contributed by atoms with Crippen molar-refractivity contribution in [3.05, 3.63) is 65.6 Å². The topological polar surface area (TPSA) is 90.9 Å². The van der Waals surface area contributed by atoms with E-state index in [0.29, 0.717) is 0 Å². The van der Waals surface area contributed by atoms with Crippen LogP contribution in [0.2, 0.25) is 0 Å². The van der Waals surface area contributed by atoms with Gasteiger partial charge in [0.1, 0.15) is 5.52 Å². The summed E-state index contributed by atoms with van der Waals surface area (Å²) in [5, 5.41) is 6.25. The SMILES string of the molecule is Cc1cc2ncc3ncn([C@H](C)c4ccc(S(N)(=O)=O)cc4)c3c2cc1C. The van der Waals surface area contributed by atoms with E-state index < -0.39 is 10.0 Å². The lowest BCUT2D eigenvalue weighted by Gasteiger charge is -2.16. The monoisotopic (exact) mass is 380 g/mol. The van der Waals surface area contributed by atoms with Gasteiger partial charge in [-0.15, -0.1) is 0 Å². The Balaban J connectivity index is 1.88. The first-order chi connectivity index (χ1) is 12.8. The van der Waals surface area contributed by atoms with Crippen molar-refractivity contribution in [2.45, 2.75) is 31.7 Å². The van der Waals surface area contributed by atoms with E-state index in [1.165, 1.54) is 23.3 Å². The molecule has 0 saturated carbocycles. The number of sulfonamides is 1. The van der Waals surface area contributed by atoms with Crippen molar-refractivity contribution in [1.29, 1.82) is 0 Å². The number of benzene rings is 2. The third-order valence-corrected chi connectivity index (χ3v) is 6.05. The predicted octanol–water partition coefficient (Wildman–Crippen LogP) is 3.46. The first-order valence-electron chi connectivity index (χ1n) is 8.61. The fourth-order valence-corrected chi connectivity index (χ4v) is 3.88. The molecule has 0 bridgehead atoms. The highest BCUT2D eigenvalue weighted by Crippen LogP contribution is 2.30. The van der Waals surface area contributed by atoms with Gasteiger partial charge in [0, 0.05) is 5.39 Å². The van der Waals surface area contributed by atoms with Crippen molar-refractivity contribution in [3.63, 3.8) is 0 Å². The number of nitrogens with two attached hydrogens (primary N) is 1. The Morgan fingerprint density at radius 3 is 2.33 bits per heavy atom. The Hall–Kier alpha value is -2.77. The standard InChI is InChI=1S/C20H20N4O2S/c1-12-8-17-18(9-13(12)2)22-10-19-20(17)24(11-23-19)14(3)15-4-6-16(7-5-15)27(21,25)26/h4-11,14H,1-3H3,(H2,21,25,26)/t14-/m1/s1. The number of aromatic nitrogens is 3. The highest BCUT2D eigenvalue weighted by atomic mass is 32.2. The molecule has 0 aliphatic rings. The van der Waals surface area contributed by atoms with E-state index in [-0.39, 0.29) is 10.9 Å².